The molecule has 2 heterocycles. The van der Waals surface area contributed by atoms with Crippen LogP contribution in [0.3, 0.4) is 0 Å². The lowest BCUT2D eigenvalue weighted by molar-refractivity contribution is -0.129. The van der Waals surface area contributed by atoms with Crippen LogP contribution < -0.4 is 0 Å². The van der Waals surface area contributed by atoms with E-state index in [-0.39, 0.29) is 17.8 Å². The van der Waals surface area contributed by atoms with Crippen LogP contribution in [0.25, 0.3) is 22.0 Å². The number of rotatable bonds is 5. The van der Waals surface area contributed by atoms with Crippen molar-refractivity contribution < 1.29 is 14.3 Å². The minimum Gasteiger partial charge on any atom is -0.450 e. The molecule has 0 unspecified atom stereocenters. The molecule has 0 bridgehead atoms. The Morgan fingerprint density at radius 3 is 2.26 bits per heavy atom. The third-order valence-corrected chi connectivity index (χ3v) is 6.16. The highest BCUT2D eigenvalue weighted by atomic mass is 32.2. The van der Waals surface area contributed by atoms with E-state index in [1.54, 1.807) is 16.7 Å². The van der Waals surface area contributed by atoms with Crippen molar-refractivity contribution in [2.75, 3.05) is 38.5 Å². The molecular weight excluding hydrogens is 412 g/mol. The molecule has 1 aliphatic heterocycles. The molecule has 0 radical (unpaired) electrons. The first-order valence-corrected chi connectivity index (χ1v) is 11.3. The van der Waals surface area contributed by atoms with E-state index in [9.17, 15) is 9.59 Å². The molecule has 8 heteroatoms. The van der Waals surface area contributed by atoms with Crippen molar-refractivity contribution in [3.63, 3.8) is 0 Å². The summed E-state index contributed by atoms with van der Waals surface area (Å²) in [6, 6.07) is 18.0. The number of aromatic nitrogens is 2. The van der Waals surface area contributed by atoms with Gasteiger partial charge >= 0.3 is 6.09 Å². The van der Waals surface area contributed by atoms with Crippen molar-refractivity contribution in [3.05, 3.63) is 54.6 Å². The fourth-order valence-electron chi connectivity index (χ4n) is 3.57. The first-order chi connectivity index (χ1) is 15.2. The van der Waals surface area contributed by atoms with Crippen molar-refractivity contribution in [3.8, 4) is 11.3 Å². The molecule has 31 heavy (non-hydrogen) atoms. The molecule has 1 aliphatic rings. The highest BCUT2D eigenvalue weighted by Crippen LogP contribution is 2.31. The Kier molecular flexibility index (Phi) is 6.66. The molecule has 2 amide bonds. The van der Waals surface area contributed by atoms with Gasteiger partial charge in [-0.2, -0.15) is 0 Å². The number of carbonyl (C=O) groups is 2. The summed E-state index contributed by atoms with van der Waals surface area (Å²) in [6.45, 7) is 4.14. The van der Waals surface area contributed by atoms with Gasteiger partial charge < -0.3 is 14.5 Å². The van der Waals surface area contributed by atoms with Crippen LogP contribution >= 0.6 is 11.8 Å². The Bertz CT molecular complexity index is 1070. The fourth-order valence-corrected chi connectivity index (χ4v) is 4.44. The number of hydrogen-bond acceptors (Lipinski definition) is 6. The number of hydrogen-bond donors (Lipinski definition) is 0. The molecule has 0 N–H and O–H groups in total. The molecule has 4 rings (SSSR count). The highest BCUT2D eigenvalue weighted by molar-refractivity contribution is 8.00. The molecule has 0 aliphatic carbocycles. The number of ether oxygens (including phenoxy) is 1. The van der Waals surface area contributed by atoms with Gasteiger partial charge in [-0.3, -0.25) is 4.79 Å². The monoisotopic (exact) mass is 436 g/mol. The predicted octanol–water partition coefficient (Wildman–Crippen LogP) is 3.69. The Hall–Kier alpha value is -3.13. The first kappa shape index (κ1) is 21.1. The number of amides is 2. The molecule has 160 valence electrons. The van der Waals surface area contributed by atoms with E-state index >= 15 is 0 Å². The Morgan fingerprint density at radius 2 is 1.55 bits per heavy atom. The van der Waals surface area contributed by atoms with E-state index in [4.69, 9.17) is 4.74 Å². The molecule has 1 aromatic heterocycles. The third kappa shape index (κ3) is 4.80. The van der Waals surface area contributed by atoms with Crippen molar-refractivity contribution in [1.82, 2.24) is 20.0 Å². The van der Waals surface area contributed by atoms with Gasteiger partial charge in [-0.15, -0.1) is 10.2 Å². The molecule has 2 aromatic carbocycles. The average Bonchev–Trinajstić information content (AvgIpc) is 2.83. The second-order valence-corrected chi connectivity index (χ2v) is 8.08. The lowest BCUT2D eigenvalue weighted by Crippen LogP contribution is -2.51. The SMILES string of the molecule is CCOC(=O)N1CCN(C(=O)CSc2nnc(-c3ccccc3)c3ccccc23)CC1. The van der Waals surface area contributed by atoms with Gasteiger partial charge in [0.25, 0.3) is 0 Å². The number of carbonyl (C=O) groups excluding carboxylic acids is 2. The summed E-state index contributed by atoms with van der Waals surface area (Å²) in [6.07, 6.45) is -0.316. The van der Waals surface area contributed by atoms with Crippen LogP contribution in [0.15, 0.2) is 59.6 Å². The van der Waals surface area contributed by atoms with Gasteiger partial charge in [-0.05, 0) is 6.92 Å². The van der Waals surface area contributed by atoms with Crippen molar-refractivity contribution in [2.45, 2.75) is 11.9 Å². The quantitative estimate of drug-likeness (QED) is 0.568. The zero-order valence-electron chi connectivity index (χ0n) is 17.4. The topological polar surface area (TPSA) is 75.6 Å². The van der Waals surface area contributed by atoms with Gasteiger partial charge in [0.15, 0.2) is 0 Å². The van der Waals surface area contributed by atoms with Crippen molar-refractivity contribution in [2.24, 2.45) is 0 Å². The van der Waals surface area contributed by atoms with Crippen LogP contribution in [0.5, 0.6) is 0 Å². The maximum Gasteiger partial charge on any atom is 0.409 e. The van der Waals surface area contributed by atoms with Crippen LogP contribution in [0, 0.1) is 0 Å². The summed E-state index contributed by atoms with van der Waals surface area (Å²) in [4.78, 5) is 28.0. The first-order valence-electron chi connectivity index (χ1n) is 10.3. The number of piperazine rings is 1. The fraction of sp³-hybridized carbons (Fsp3) is 0.304. The van der Waals surface area contributed by atoms with Gasteiger partial charge in [0.2, 0.25) is 5.91 Å². The lowest BCUT2D eigenvalue weighted by Gasteiger charge is -2.34. The second-order valence-electron chi connectivity index (χ2n) is 7.12. The minimum absolute atomic E-state index is 0.0338. The van der Waals surface area contributed by atoms with Gasteiger partial charge in [0.05, 0.1) is 12.4 Å². The molecule has 0 atom stereocenters. The number of benzene rings is 2. The van der Waals surface area contributed by atoms with Crippen LogP contribution in [-0.4, -0.2) is 70.5 Å². The standard InChI is InChI=1S/C23H24N4O3S/c1-2-30-23(29)27-14-12-26(13-15-27)20(28)16-31-22-19-11-7-6-10-18(19)21(24-25-22)17-8-4-3-5-9-17/h3-11H,2,12-16H2,1H3. The molecular formula is C23H24N4O3S. The summed E-state index contributed by atoms with van der Waals surface area (Å²) in [7, 11) is 0. The van der Waals surface area contributed by atoms with E-state index in [0.29, 0.717) is 32.8 Å². The van der Waals surface area contributed by atoms with E-state index in [1.807, 2.05) is 54.6 Å². The summed E-state index contributed by atoms with van der Waals surface area (Å²) >= 11 is 1.40. The Labute approximate surface area is 185 Å². The van der Waals surface area contributed by atoms with Crippen molar-refractivity contribution in [1.29, 1.82) is 0 Å². The van der Waals surface area contributed by atoms with Gasteiger partial charge in [0.1, 0.15) is 10.7 Å². The van der Waals surface area contributed by atoms with Crippen LogP contribution in [-0.2, 0) is 9.53 Å². The zero-order chi connectivity index (χ0) is 21.6. The summed E-state index contributed by atoms with van der Waals surface area (Å²) in [5, 5.41) is 11.6. The maximum absolute atomic E-state index is 12.7. The number of thioether (sulfide) groups is 1. The molecule has 3 aromatic rings. The van der Waals surface area contributed by atoms with Crippen LogP contribution in [0.2, 0.25) is 0 Å². The number of nitrogens with zero attached hydrogens (tertiary/aromatic N) is 4. The van der Waals surface area contributed by atoms with Crippen molar-refractivity contribution >= 4 is 34.5 Å². The van der Waals surface area contributed by atoms with E-state index < -0.39 is 0 Å². The largest absolute Gasteiger partial charge is 0.450 e. The van der Waals surface area contributed by atoms with Gasteiger partial charge in [-0.25, -0.2) is 4.79 Å². The Morgan fingerprint density at radius 1 is 0.903 bits per heavy atom. The summed E-state index contributed by atoms with van der Waals surface area (Å²) in [5.74, 6) is 0.314. The van der Waals surface area contributed by atoms with E-state index in [2.05, 4.69) is 10.2 Å². The van der Waals surface area contributed by atoms with E-state index in [0.717, 1.165) is 27.1 Å². The smallest absolute Gasteiger partial charge is 0.409 e. The normalized spacial score (nSPS) is 14.0. The summed E-state index contributed by atoms with van der Waals surface area (Å²) in [5.41, 5.74) is 1.85. The average molecular weight is 437 g/mol. The highest BCUT2D eigenvalue weighted by Gasteiger charge is 2.25. The molecule has 1 fully saturated rings. The second kappa shape index (κ2) is 9.78. The third-order valence-electron chi connectivity index (χ3n) is 5.19. The zero-order valence-corrected chi connectivity index (χ0v) is 18.2. The van der Waals surface area contributed by atoms with E-state index in [1.165, 1.54) is 11.8 Å². The van der Waals surface area contributed by atoms with Gasteiger partial charge in [0, 0.05) is 42.5 Å². The van der Waals surface area contributed by atoms with Crippen LogP contribution in [0.4, 0.5) is 4.79 Å². The molecule has 1 saturated heterocycles. The predicted molar refractivity (Wildman–Crippen MR) is 121 cm³/mol. The Balaban J connectivity index is 1.43. The lowest BCUT2D eigenvalue weighted by atomic mass is 10.1. The minimum atomic E-state index is -0.316. The van der Waals surface area contributed by atoms with Crippen LogP contribution in [0.1, 0.15) is 6.92 Å². The van der Waals surface area contributed by atoms with Gasteiger partial charge in [-0.1, -0.05) is 66.4 Å². The maximum atomic E-state index is 12.7. The summed E-state index contributed by atoms with van der Waals surface area (Å²) < 4.78 is 5.03. The number of fused-ring (bicyclic) bond motifs is 1. The molecule has 0 saturated carbocycles. The molecule has 7 nitrogen and oxygen atoms in total. The molecule has 0 spiro atoms.